The first-order valence-corrected chi connectivity index (χ1v) is 6.29. The number of hydrogen-bond donors (Lipinski definition) is 0. The standard InChI is InChI=1S/C11H20O5S/c1-8(15-9(12)11(2,3)4)16-10(13)17-7-6-14-5/h8H,6-7H2,1-5H3. The van der Waals surface area contributed by atoms with Gasteiger partial charge in [-0.05, 0) is 32.5 Å². The van der Waals surface area contributed by atoms with Crippen LogP contribution < -0.4 is 0 Å². The quantitative estimate of drug-likeness (QED) is 0.432. The zero-order chi connectivity index (χ0) is 13.5. The lowest BCUT2D eigenvalue weighted by Crippen LogP contribution is -2.28. The van der Waals surface area contributed by atoms with Gasteiger partial charge in [0.1, 0.15) is 0 Å². The summed E-state index contributed by atoms with van der Waals surface area (Å²) in [4.78, 5) is 22.7. The van der Waals surface area contributed by atoms with Gasteiger partial charge in [0.05, 0.1) is 12.0 Å². The average Bonchev–Trinajstić information content (AvgIpc) is 2.16. The third-order valence-electron chi connectivity index (χ3n) is 1.65. The first-order valence-electron chi connectivity index (χ1n) is 5.30. The van der Waals surface area contributed by atoms with Crippen molar-refractivity contribution < 1.29 is 23.8 Å². The lowest BCUT2D eigenvalue weighted by molar-refractivity contribution is -0.173. The van der Waals surface area contributed by atoms with Gasteiger partial charge in [0.15, 0.2) is 0 Å². The minimum absolute atomic E-state index is 0.403. The van der Waals surface area contributed by atoms with Gasteiger partial charge in [0.25, 0.3) is 0 Å². The van der Waals surface area contributed by atoms with Crippen LogP contribution in [-0.4, -0.2) is 37.0 Å². The van der Waals surface area contributed by atoms with Crippen molar-refractivity contribution in [1.82, 2.24) is 0 Å². The van der Waals surface area contributed by atoms with Crippen molar-refractivity contribution in [3.63, 3.8) is 0 Å². The highest BCUT2D eigenvalue weighted by Gasteiger charge is 2.26. The monoisotopic (exact) mass is 264 g/mol. The average molecular weight is 264 g/mol. The summed E-state index contributed by atoms with van der Waals surface area (Å²) in [6.45, 7) is 7.18. The lowest BCUT2D eigenvalue weighted by atomic mass is 9.97. The van der Waals surface area contributed by atoms with Gasteiger partial charge < -0.3 is 14.2 Å². The molecular formula is C11H20O5S. The van der Waals surface area contributed by atoms with Crippen molar-refractivity contribution >= 4 is 23.0 Å². The Morgan fingerprint density at radius 2 is 1.82 bits per heavy atom. The molecule has 0 fully saturated rings. The van der Waals surface area contributed by atoms with Gasteiger partial charge in [0.2, 0.25) is 6.29 Å². The summed E-state index contributed by atoms with van der Waals surface area (Å²) in [5, 5.41) is -0.476. The van der Waals surface area contributed by atoms with E-state index in [1.54, 1.807) is 27.9 Å². The molecule has 0 saturated heterocycles. The van der Waals surface area contributed by atoms with E-state index in [1.165, 1.54) is 6.92 Å². The molecule has 0 amide bonds. The topological polar surface area (TPSA) is 61.8 Å². The van der Waals surface area contributed by atoms with E-state index < -0.39 is 23.0 Å². The van der Waals surface area contributed by atoms with Crippen LogP contribution in [0.5, 0.6) is 0 Å². The van der Waals surface area contributed by atoms with Gasteiger partial charge >= 0.3 is 11.3 Å². The smallest absolute Gasteiger partial charge is 0.370 e. The molecule has 0 radical (unpaired) electrons. The van der Waals surface area contributed by atoms with E-state index in [1.807, 2.05) is 0 Å². The Morgan fingerprint density at radius 1 is 1.24 bits per heavy atom. The van der Waals surface area contributed by atoms with Crippen molar-refractivity contribution in [2.24, 2.45) is 5.41 Å². The lowest BCUT2D eigenvalue weighted by Gasteiger charge is -2.20. The fraction of sp³-hybridized carbons (Fsp3) is 0.818. The fourth-order valence-electron chi connectivity index (χ4n) is 0.729. The molecule has 0 spiro atoms. The second kappa shape index (κ2) is 7.55. The molecule has 1 atom stereocenters. The number of thioether (sulfide) groups is 1. The molecule has 0 bridgehead atoms. The summed E-state index contributed by atoms with van der Waals surface area (Å²) in [6.07, 6.45) is -0.871. The second-order valence-electron chi connectivity index (χ2n) is 4.43. The third-order valence-corrected chi connectivity index (χ3v) is 2.36. The van der Waals surface area contributed by atoms with Crippen LogP contribution >= 0.6 is 11.8 Å². The predicted octanol–water partition coefficient (Wildman–Crippen LogP) is 2.44. The molecule has 17 heavy (non-hydrogen) atoms. The molecule has 0 aliphatic carbocycles. The van der Waals surface area contributed by atoms with E-state index >= 15 is 0 Å². The first-order chi connectivity index (χ1) is 7.77. The Bertz CT molecular complexity index is 259. The Kier molecular flexibility index (Phi) is 7.22. The maximum Gasteiger partial charge on any atom is 0.370 e. The number of rotatable bonds is 5. The highest BCUT2D eigenvalue weighted by Crippen LogP contribution is 2.17. The SMILES string of the molecule is COCCSC(=O)OC(C)OC(=O)C(C)(C)C. The van der Waals surface area contributed by atoms with E-state index in [-0.39, 0.29) is 0 Å². The molecule has 0 aromatic heterocycles. The number of carbonyl (C=O) groups excluding carboxylic acids is 2. The summed E-state index contributed by atoms with van der Waals surface area (Å²) < 4.78 is 14.6. The number of carbonyl (C=O) groups is 2. The maximum absolute atomic E-state index is 11.5. The van der Waals surface area contributed by atoms with E-state index in [0.29, 0.717) is 12.4 Å². The van der Waals surface area contributed by atoms with Crippen LogP contribution in [0, 0.1) is 5.41 Å². The summed E-state index contributed by atoms with van der Waals surface area (Å²) in [5.41, 5.74) is -0.607. The largest absolute Gasteiger partial charge is 0.425 e. The van der Waals surface area contributed by atoms with Crippen LogP contribution in [0.15, 0.2) is 0 Å². The predicted molar refractivity (Wildman–Crippen MR) is 65.8 cm³/mol. The first kappa shape index (κ1) is 16.2. The van der Waals surface area contributed by atoms with Gasteiger partial charge in [0, 0.05) is 19.8 Å². The second-order valence-corrected chi connectivity index (χ2v) is 5.46. The zero-order valence-corrected chi connectivity index (χ0v) is 11.8. The molecule has 1 unspecified atom stereocenters. The molecule has 0 aromatic rings. The van der Waals surface area contributed by atoms with Gasteiger partial charge in [-0.1, -0.05) is 0 Å². The van der Waals surface area contributed by atoms with Crippen molar-refractivity contribution in [2.45, 2.75) is 34.0 Å². The normalized spacial score (nSPS) is 13.0. The molecular weight excluding hydrogens is 244 g/mol. The van der Waals surface area contributed by atoms with E-state index in [2.05, 4.69) is 0 Å². The fourth-order valence-corrected chi connectivity index (χ4v) is 1.35. The van der Waals surface area contributed by atoms with Crippen LogP contribution in [0.3, 0.4) is 0 Å². The molecule has 0 N–H and O–H groups in total. The molecule has 6 heteroatoms. The molecule has 0 saturated carbocycles. The number of ether oxygens (including phenoxy) is 3. The molecule has 0 heterocycles. The molecule has 0 rings (SSSR count). The van der Waals surface area contributed by atoms with Gasteiger partial charge in [-0.15, -0.1) is 0 Å². The molecule has 5 nitrogen and oxygen atoms in total. The number of esters is 1. The third kappa shape index (κ3) is 8.04. The van der Waals surface area contributed by atoms with E-state index in [0.717, 1.165) is 11.8 Å². The van der Waals surface area contributed by atoms with Crippen LogP contribution in [-0.2, 0) is 19.0 Å². The summed E-state index contributed by atoms with van der Waals surface area (Å²) >= 11 is 0.986. The summed E-state index contributed by atoms with van der Waals surface area (Å²) in [7, 11) is 1.56. The van der Waals surface area contributed by atoms with Crippen LogP contribution in [0.2, 0.25) is 0 Å². The minimum atomic E-state index is -0.871. The van der Waals surface area contributed by atoms with Gasteiger partial charge in [-0.2, -0.15) is 0 Å². The Hall–Kier alpha value is -0.750. The minimum Gasteiger partial charge on any atom is -0.425 e. The van der Waals surface area contributed by atoms with Crippen molar-refractivity contribution in [1.29, 1.82) is 0 Å². The zero-order valence-electron chi connectivity index (χ0n) is 10.9. The van der Waals surface area contributed by atoms with E-state index in [9.17, 15) is 9.59 Å². The van der Waals surface area contributed by atoms with Crippen LogP contribution in [0.1, 0.15) is 27.7 Å². The Balaban J connectivity index is 3.89. The van der Waals surface area contributed by atoms with E-state index in [4.69, 9.17) is 14.2 Å². The summed E-state index contributed by atoms with van der Waals surface area (Å²) in [5.74, 6) is 0.106. The Morgan fingerprint density at radius 3 is 2.29 bits per heavy atom. The highest BCUT2D eigenvalue weighted by molar-refractivity contribution is 8.13. The van der Waals surface area contributed by atoms with Crippen molar-refractivity contribution in [2.75, 3.05) is 19.5 Å². The maximum atomic E-state index is 11.5. The van der Waals surface area contributed by atoms with Gasteiger partial charge in [-0.25, -0.2) is 4.79 Å². The molecule has 0 aliphatic heterocycles. The molecule has 0 aliphatic rings. The van der Waals surface area contributed by atoms with Crippen LogP contribution in [0.4, 0.5) is 4.79 Å². The Labute approximate surface area is 106 Å². The molecule has 0 aromatic carbocycles. The highest BCUT2D eigenvalue weighted by atomic mass is 32.2. The summed E-state index contributed by atoms with van der Waals surface area (Å²) in [6, 6.07) is 0. The number of hydrogen-bond acceptors (Lipinski definition) is 6. The molecule has 100 valence electrons. The van der Waals surface area contributed by atoms with Gasteiger partial charge in [-0.3, -0.25) is 4.79 Å². The van der Waals surface area contributed by atoms with Crippen molar-refractivity contribution in [3.05, 3.63) is 0 Å². The van der Waals surface area contributed by atoms with Crippen LogP contribution in [0.25, 0.3) is 0 Å². The van der Waals surface area contributed by atoms with Crippen molar-refractivity contribution in [3.8, 4) is 0 Å². The number of methoxy groups -OCH3 is 1.